The van der Waals surface area contributed by atoms with E-state index in [4.69, 9.17) is 18.9 Å². The largest absolute Gasteiger partial charge is 0.491 e. The Morgan fingerprint density at radius 3 is 1.58 bits per heavy atom. The molecule has 5 aromatic carbocycles. The van der Waals surface area contributed by atoms with Crippen molar-refractivity contribution in [3.8, 4) is 11.5 Å². The molecule has 5 aliphatic heterocycles. The van der Waals surface area contributed by atoms with Crippen LogP contribution in [0.4, 0.5) is 5.69 Å². The quantitative estimate of drug-likeness (QED) is 0.161. The van der Waals surface area contributed by atoms with Crippen molar-refractivity contribution >= 4 is 5.69 Å². The number of anilines is 1. The van der Waals surface area contributed by atoms with Crippen LogP contribution in [0.25, 0.3) is 0 Å². The highest BCUT2D eigenvalue weighted by Gasteiger charge is 2.26. The average Bonchev–Trinajstić information content (AvgIpc) is 3.27. The van der Waals surface area contributed by atoms with E-state index < -0.39 is 0 Å². The van der Waals surface area contributed by atoms with E-state index in [1.165, 1.54) is 52.0 Å². The topological polar surface area (TPSA) is 80.6 Å². The van der Waals surface area contributed by atoms with Crippen LogP contribution < -0.4 is 14.4 Å². The molecule has 2 N–H and O–H groups in total. The predicted octanol–water partition coefficient (Wildman–Crippen LogP) is 10.7. The van der Waals surface area contributed by atoms with Crippen molar-refractivity contribution in [1.82, 2.24) is 0 Å². The van der Waals surface area contributed by atoms with Crippen LogP contribution in [0.2, 0.25) is 0 Å². The molecule has 0 spiro atoms. The smallest absolute Gasteiger partial charge is 0.122 e. The van der Waals surface area contributed by atoms with Gasteiger partial charge in [0, 0.05) is 43.0 Å². The molecule has 7 nitrogen and oxygen atoms in total. The minimum absolute atomic E-state index is 0.190. The van der Waals surface area contributed by atoms with E-state index >= 15 is 0 Å². The Bertz CT molecular complexity index is 1990. The fraction of sp³-hybridized carbons (Fsp3) is 0.423. The van der Waals surface area contributed by atoms with Crippen LogP contribution >= 0.6 is 0 Å². The van der Waals surface area contributed by atoms with Gasteiger partial charge in [-0.25, -0.2) is 0 Å². The van der Waals surface area contributed by atoms with E-state index in [0.29, 0.717) is 25.0 Å². The maximum atomic E-state index is 9.50. The average molecular weight is 800 g/mol. The Morgan fingerprint density at radius 1 is 0.508 bits per heavy atom. The molecule has 5 aromatic rings. The monoisotopic (exact) mass is 799 g/mol. The second-order valence-electron chi connectivity index (χ2n) is 16.8. The minimum Gasteiger partial charge on any atom is -0.491 e. The van der Waals surface area contributed by atoms with Gasteiger partial charge in [0.25, 0.3) is 0 Å². The Kier molecular flexibility index (Phi) is 15.7. The Hall–Kier alpha value is -4.66. The lowest BCUT2D eigenvalue weighted by molar-refractivity contribution is 0.0713. The molecule has 0 radical (unpaired) electrons. The Balaban J connectivity index is 0.000000124. The van der Waals surface area contributed by atoms with Crippen molar-refractivity contribution in [1.29, 1.82) is 0 Å². The normalized spacial score (nSPS) is 24.4. The molecular formula is C52H65NO6. The third kappa shape index (κ3) is 11.1. The summed E-state index contributed by atoms with van der Waals surface area (Å²) in [6, 6.07) is 39.4. The number of hydrogen-bond donors (Lipinski definition) is 2. The zero-order chi connectivity index (χ0) is 41.9. The summed E-state index contributed by atoms with van der Waals surface area (Å²) in [6.07, 6.45) is 0.563. The van der Waals surface area contributed by atoms with Crippen molar-refractivity contribution in [2.75, 3.05) is 44.9 Å². The molecule has 0 saturated carbocycles. The van der Waals surface area contributed by atoms with Crippen molar-refractivity contribution < 1.29 is 29.2 Å². The van der Waals surface area contributed by atoms with Crippen LogP contribution in [0, 0.1) is 6.92 Å². The number of hydrogen-bond acceptors (Lipinski definition) is 7. The SMILES string of the molecule is CC1CCN(C)c2ccccc21.CC1COCc2ccccc21.CC1c2ccccc2OC[C@@H]1O.CC1c2ccccc2OC[C@H]1O.Cc1cccc2c1COCC2C. The summed E-state index contributed by atoms with van der Waals surface area (Å²) in [6.45, 7) is 18.3. The number of aryl methyl sites for hydroxylation is 1. The Morgan fingerprint density at radius 2 is 1.00 bits per heavy atom. The third-order valence-electron chi connectivity index (χ3n) is 12.4. The van der Waals surface area contributed by atoms with Gasteiger partial charge in [0.1, 0.15) is 24.7 Å². The van der Waals surface area contributed by atoms with Crippen molar-refractivity contribution in [3.63, 3.8) is 0 Å². The van der Waals surface area contributed by atoms with Gasteiger partial charge in [-0.3, -0.25) is 0 Å². The summed E-state index contributed by atoms with van der Waals surface area (Å²) in [5.74, 6) is 4.07. The zero-order valence-electron chi connectivity index (χ0n) is 36.1. The fourth-order valence-electron chi connectivity index (χ4n) is 8.34. The molecule has 5 aliphatic rings. The van der Waals surface area contributed by atoms with Crippen LogP contribution in [-0.4, -0.2) is 62.4 Å². The van der Waals surface area contributed by atoms with Crippen LogP contribution in [0.1, 0.15) is 115 Å². The first-order valence-electron chi connectivity index (χ1n) is 21.4. The summed E-state index contributed by atoms with van der Waals surface area (Å²) < 4.78 is 21.6. The molecular weight excluding hydrogens is 735 g/mol. The van der Waals surface area contributed by atoms with Crippen LogP contribution in [0.15, 0.2) is 115 Å². The molecule has 7 atom stereocenters. The molecule has 0 saturated heterocycles. The summed E-state index contributed by atoms with van der Waals surface area (Å²) in [7, 11) is 2.17. The summed E-state index contributed by atoms with van der Waals surface area (Å²) in [4.78, 5) is 2.34. The van der Waals surface area contributed by atoms with Crippen LogP contribution in [-0.2, 0) is 22.7 Å². The molecule has 0 aromatic heterocycles. The Labute approximate surface area is 352 Å². The highest BCUT2D eigenvalue weighted by molar-refractivity contribution is 5.56. The number of para-hydroxylation sites is 3. The maximum absolute atomic E-state index is 9.50. The van der Waals surface area contributed by atoms with Gasteiger partial charge in [0.15, 0.2) is 0 Å². The molecule has 5 heterocycles. The van der Waals surface area contributed by atoms with E-state index in [2.05, 4.69) is 106 Å². The number of rotatable bonds is 0. The number of fused-ring (bicyclic) bond motifs is 5. The lowest BCUT2D eigenvalue weighted by Crippen LogP contribution is -2.28. The van der Waals surface area contributed by atoms with Gasteiger partial charge in [-0.2, -0.15) is 0 Å². The highest BCUT2D eigenvalue weighted by atomic mass is 16.5. The second kappa shape index (κ2) is 21.0. The van der Waals surface area contributed by atoms with Crippen molar-refractivity contribution in [2.45, 2.75) is 103 Å². The number of ether oxygens (including phenoxy) is 4. The second-order valence-corrected chi connectivity index (χ2v) is 16.8. The van der Waals surface area contributed by atoms with Crippen molar-refractivity contribution in [3.05, 3.63) is 160 Å². The molecule has 10 rings (SSSR count). The molecule has 314 valence electrons. The van der Waals surface area contributed by atoms with E-state index in [1.807, 2.05) is 62.4 Å². The zero-order valence-corrected chi connectivity index (χ0v) is 36.1. The lowest BCUT2D eigenvalue weighted by atomic mass is 9.92. The first-order valence-corrected chi connectivity index (χ1v) is 21.4. The number of nitrogens with zero attached hydrogens (tertiary/aromatic N) is 1. The fourth-order valence-corrected chi connectivity index (χ4v) is 8.34. The van der Waals surface area contributed by atoms with Gasteiger partial charge in [-0.1, -0.05) is 132 Å². The summed E-state index contributed by atoms with van der Waals surface area (Å²) in [5, 5.41) is 19.0. The van der Waals surface area contributed by atoms with Crippen LogP contribution in [0.5, 0.6) is 11.5 Å². The van der Waals surface area contributed by atoms with Gasteiger partial charge in [0.2, 0.25) is 0 Å². The molecule has 0 bridgehead atoms. The van der Waals surface area contributed by atoms with E-state index in [0.717, 1.165) is 55.0 Å². The molecule has 7 heteroatoms. The van der Waals surface area contributed by atoms with E-state index in [-0.39, 0.29) is 24.0 Å². The molecule has 0 fully saturated rings. The first-order chi connectivity index (χ1) is 28.5. The number of aliphatic hydroxyl groups is 2. The molecule has 59 heavy (non-hydrogen) atoms. The van der Waals surface area contributed by atoms with Gasteiger partial charge in [-0.05, 0) is 82.0 Å². The van der Waals surface area contributed by atoms with Gasteiger partial charge >= 0.3 is 0 Å². The number of aliphatic hydroxyl groups excluding tert-OH is 2. The summed E-state index contributed by atoms with van der Waals surface area (Å²) >= 11 is 0. The molecule has 5 unspecified atom stereocenters. The molecule has 0 amide bonds. The first kappa shape index (κ1) is 43.9. The highest BCUT2D eigenvalue weighted by Crippen LogP contribution is 2.35. The van der Waals surface area contributed by atoms with Gasteiger partial charge < -0.3 is 34.1 Å². The maximum Gasteiger partial charge on any atom is 0.122 e. The minimum atomic E-state index is -0.361. The number of benzene rings is 5. The standard InChI is InChI=1S/C11H15N.C11H14O.2C10H12O2.C10H12O/c1-9-7-8-12(2)11-6-4-3-5-10(9)11;1-8-4-3-5-10-9(2)6-12-7-11(8)10;2*1-7-8-4-2-3-5-10(8)12-6-9(7)11;1-8-6-11-7-9-4-2-3-5-10(8)9/h3-6,9H,7-8H2,1-2H3;3-5,9H,6-7H2,1-2H3;2*2-5,7,9,11H,6H2,1H3;2-5,8H,6-7H2,1H3/t;;2*7?,9-;/m..10./s1. The van der Waals surface area contributed by atoms with Crippen LogP contribution in [0.3, 0.4) is 0 Å². The van der Waals surface area contributed by atoms with Gasteiger partial charge in [-0.15, -0.1) is 0 Å². The molecule has 0 aliphatic carbocycles. The van der Waals surface area contributed by atoms with Crippen molar-refractivity contribution in [2.24, 2.45) is 0 Å². The van der Waals surface area contributed by atoms with E-state index in [1.54, 1.807) is 0 Å². The predicted molar refractivity (Wildman–Crippen MR) is 239 cm³/mol. The third-order valence-corrected chi connectivity index (χ3v) is 12.4. The summed E-state index contributed by atoms with van der Waals surface area (Å²) in [5.41, 5.74) is 12.2. The lowest BCUT2D eigenvalue weighted by Gasteiger charge is -2.31. The van der Waals surface area contributed by atoms with Gasteiger partial charge in [0.05, 0.1) is 38.6 Å². The van der Waals surface area contributed by atoms with E-state index in [9.17, 15) is 10.2 Å².